The highest BCUT2D eigenvalue weighted by atomic mass is 32.1. The van der Waals surface area contributed by atoms with Gasteiger partial charge < -0.3 is 10.2 Å². The van der Waals surface area contributed by atoms with Gasteiger partial charge in [-0.2, -0.15) is 5.26 Å². The van der Waals surface area contributed by atoms with Crippen LogP contribution in [-0.2, 0) is 11.2 Å². The number of hydrogen-bond acceptors (Lipinski definition) is 5. The Hall–Kier alpha value is -2.72. The summed E-state index contributed by atoms with van der Waals surface area (Å²) in [7, 11) is 0. The lowest BCUT2D eigenvalue weighted by molar-refractivity contribution is -0.120. The molecule has 1 N–H and O–H groups in total. The second kappa shape index (κ2) is 9.47. The minimum Gasteiger partial charge on any atom is -0.356 e. The standard InChI is InChI=1S/C21H24N4O2S/c1-2-19(26)23-10-9-18-14-28-20(24-18)17-4-3-11-25(13-17)21(27)16-7-5-15(12-22)6-8-16/h5-8,14,17H,2-4,9-11,13H2,1H3,(H,23,26). The third kappa shape index (κ3) is 4.96. The summed E-state index contributed by atoms with van der Waals surface area (Å²) < 4.78 is 0. The maximum Gasteiger partial charge on any atom is 0.253 e. The largest absolute Gasteiger partial charge is 0.356 e. The zero-order valence-corrected chi connectivity index (χ0v) is 16.8. The summed E-state index contributed by atoms with van der Waals surface area (Å²) in [5, 5.41) is 14.9. The van der Waals surface area contributed by atoms with Crippen molar-refractivity contribution in [1.82, 2.24) is 15.2 Å². The Kier molecular flexibility index (Phi) is 6.77. The van der Waals surface area contributed by atoms with Crippen molar-refractivity contribution in [1.29, 1.82) is 5.26 Å². The molecule has 1 aromatic heterocycles. The minimum absolute atomic E-state index is 0.00764. The van der Waals surface area contributed by atoms with E-state index in [2.05, 4.69) is 16.8 Å². The van der Waals surface area contributed by atoms with Crippen LogP contribution in [0.1, 0.15) is 58.7 Å². The van der Waals surface area contributed by atoms with Crippen LogP contribution in [0.4, 0.5) is 0 Å². The fraction of sp³-hybridized carbons (Fsp3) is 0.429. The summed E-state index contributed by atoms with van der Waals surface area (Å²) in [4.78, 5) is 30.8. The number of piperidine rings is 1. The Morgan fingerprint density at radius 3 is 2.86 bits per heavy atom. The van der Waals surface area contributed by atoms with Crippen molar-refractivity contribution >= 4 is 23.2 Å². The van der Waals surface area contributed by atoms with Crippen LogP contribution in [0.2, 0.25) is 0 Å². The zero-order valence-electron chi connectivity index (χ0n) is 16.0. The second-order valence-corrected chi connectivity index (χ2v) is 7.80. The molecule has 1 saturated heterocycles. The second-order valence-electron chi connectivity index (χ2n) is 6.91. The molecule has 2 heterocycles. The zero-order chi connectivity index (χ0) is 19.9. The topological polar surface area (TPSA) is 86.1 Å². The van der Waals surface area contributed by atoms with Crippen molar-refractivity contribution in [3.8, 4) is 6.07 Å². The van der Waals surface area contributed by atoms with Gasteiger partial charge in [-0.3, -0.25) is 9.59 Å². The van der Waals surface area contributed by atoms with E-state index in [4.69, 9.17) is 10.2 Å². The molecule has 1 fully saturated rings. The fourth-order valence-corrected chi connectivity index (χ4v) is 4.30. The number of carbonyl (C=O) groups excluding carboxylic acids is 2. The molecule has 0 aliphatic carbocycles. The summed E-state index contributed by atoms with van der Waals surface area (Å²) in [6.45, 7) is 3.85. The maximum atomic E-state index is 12.8. The van der Waals surface area contributed by atoms with E-state index in [0.29, 0.717) is 30.6 Å². The Morgan fingerprint density at radius 2 is 2.14 bits per heavy atom. The molecule has 1 aliphatic rings. The Bertz CT molecular complexity index is 869. The number of likely N-dealkylation sites (tertiary alicyclic amines) is 1. The van der Waals surface area contributed by atoms with E-state index in [0.717, 1.165) is 36.5 Å². The van der Waals surface area contributed by atoms with Gasteiger partial charge in [0.05, 0.1) is 22.3 Å². The fourth-order valence-electron chi connectivity index (χ4n) is 3.31. The number of rotatable bonds is 6. The number of aromatic nitrogens is 1. The van der Waals surface area contributed by atoms with Crippen LogP contribution in [0, 0.1) is 11.3 Å². The van der Waals surface area contributed by atoms with E-state index >= 15 is 0 Å². The predicted octanol–water partition coefficient (Wildman–Crippen LogP) is 3.10. The van der Waals surface area contributed by atoms with Crippen molar-refractivity contribution < 1.29 is 9.59 Å². The van der Waals surface area contributed by atoms with Crippen LogP contribution in [0.5, 0.6) is 0 Å². The van der Waals surface area contributed by atoms with Crippen molar-refractivity contribution in [3.63, 3.8) is 0 Å². The van der Waals surface area contributed by atoms with Gasteiger partial charge >= 0.3 is 0 Å². The van der Waals surface area contributed by atoms with Crippen molar-refractivity contribution in [2.24, 2.45) is 0 Å². The first-order valence-corrected chi connectivity index (χ1v) is 10.5. The molecular formula is C21H24N4O2S. The van der Waals surface area contributed by atoms with E-state index in [9.17, 15) is 9.59 Å². The molecule has 3 rings (SSSR count). The van der Waals surface area contributed by atoms with Gasteiger partial charge in [-0.1, -0.05) is 6.92 Å². The molecule has 0 spiro atoms. The monoisotopic (exact) mass is 396 g/mol. The number of thiazole rings is 1. The molecule has 2 amide bonds. The highest BCUT2D eigenvalue weighted by Gasteiger charge is 2.27. The first-order chi connectivity index (χ1) is 13.6. The molecule has 1 aliphatic heterocycles. The summed E-state index contributed by atoms with van der Waals surface area (Å²) in [5.74, 6) is 0.313. The lowest BCUT2D eigenvalue weighted by Gasteiger charge is -2.32. The van der Waals surface area contributed by atoms with Crippen LogP contribution in [0.25, 0.3) is 0 Å². The van der Waals surface area contributed by atoms with Gasteiger partial charge in [-0.05, 0) is 37.1 Å². The van der Waals surface area contributed by atoms with E-state index in [1.165, 1.54) is 0 Å². The number of nitriles is 1. The molecule has 0 radical (unpaired) electrons. The summed E-state index contributed by atoms with van der Waals surface area (Å²) in [5.41, 5.74) is 2.16. The molecule has 6 nitrogen and oxygen atoms in total. The van der Waals surface area contributed by atoms with E-state index in [1.54, 1.807) is 35.6 Å². The van der Waals surface area contributed by atoms with Crippen LogP contribution in [0.3, 0.4) is 0 Å². The number of benzene rings is 1. The summed E-state index contributed by atoms with van der Waals surface area (Å²) >= 11 is 1.64. The number of amides is 2. The summed E-state index contributed by atoms with van der Waals surface area (Å²) in [6, 6.07) is 8.87. The molecule has 1 atom stereocenters. The van der Waals surface area contributed by atoms with Crippen molar-refractivity contribution in [2.45, 2.75) is 38.5 Å². The van der Waals surface area contributed by atoms with Gasteiger partial charge in [-0.15, -0.1) is 11.3 Å². The molecule has 2 aromatic rings. The van der Waals surface area contributed by atoms with Crippen LogP contribution < -0.4 is 5.32 Å². The first kappa shape index (κ1) is 20.0. The molecule has 1 unspecified atom stereocenters. The van der Waals surface area contributed by atoms with E-state index < -0.39 is 0 Å². The molecule has 1 aromatic carbocycles. The Morgan fingerprint density at radius 1 is 1.36 bits per heavy atom. The smallest absolute Gasteiger partial charge is 0.253 e. The number of nitrogens with zero attached hydrogens (tertiary/aromatic N) is 3. The molecule has 7 heteroatoms. The molecule has 28 heavy (non-hydrogen) atoms. The molecule has 146 valence electrons. The normalized spacial score (nSPS) is 16.4. The highest BCUT2D eigenvalue weighted by molar-refractivity contribution is 7.09. The van der Waals surface area contributed by atoms with Crippen molar-refractivity contribution in [2.75, 3.05) is 19.6 Å². The van der Waals surface area contributed by atoms with Gasteiger partial charge in [0.25, 0.3) is 5.91 Å². The Labute approximate surface area is 169 Å². The maximum absolute atomic E-state index is 12.8. The van der Waals surface area contributed by atoms with Crippen LogP contribution in [-0.4, -0.2) is 41.3 Å². The van der Waals surface area contributed by atoms with Gasteiger partial charge in [-0.25, -0.2) is 4.98 Å². The third-order valence-electron chi connectivity index (χ3n) is 4.91. The molecule has 0 bridgehead atoms. The average Bonchev–Trinajstić information content (AvgIpc) is 3.22. The average molecular weight is 397 g/mol. The minimum atomic E-state index is 0.00764. The quantitative estimate of drug-likeness (QED) is 0.813. The van der Waals surface area contributed by atoms with Gasteiger partial charge in [0, 0.05) is 49.3 Å². The predicted molar refractivity (Wildman–Crippen MR) is 108 cm³/mol. The van der Waals surface area contributed by atoms with Crippen molar-refractivity contribution in [3.05, 3.63) is 51.5 Å². The lowest BCUT2D eigenvalue weighted by atomic mass is 9.98. The van der Waals surface area contributed by atoms with Gasteiger partial charge in [0.15, 0.2) is 0 Å². The number of carbonyl (C=O) groups is 2. The molecular weight excluding hydrogens is 372 g/mol. The summed E-state index contributed by atoms with van der Waals surface area (Å²) in [6.07, 6.45) is 3.20. The van der Waals surface area contributed by atoms with Gasteiger partial charge in [0.2, 0.25) is 5.91 Å². The van der Waals surface area contributed by atoms with Crippen LogP contribution in [0.15, 0.2) is 29.6 Å². The van der Waals surface area contributed by atoms with Crippen LogP contribution >= 0.6 is 11.3 Å². The highest BCUT2D eigenvalue weighted by Crippen LogP contribution is 2.30. The first-order valence-electron chi connectivity index (χ1n) is 9.61. The lowest BCUT2D eigenvalue weighted by Crippen LogP contribution is -2.39. The third-order valence-corrected chi connectivity index (χ3v) is 5.97. The SMILES string of the molecule is CCC(=O)NCCc1csc(C2CCCN(C(=O)c3ccc(C#N)cc3)C2)n1. The van der Waals surface area contributed by atoms with E-state index in [1.807, 2.05) is 11.8 Å². The van der Waals surface area contributed by atoms with Gasteiger partial charge in [0.1, 0.15) is 0 Å². The number of hydrogen-bond donors (Lipinski definition) is 1. The van der Waals surface area contributed by atoms with E-state index in [-0.39, 0.29) is 17.7 Å². The molecule has 0 saturated carbocycles. The number of nitrogens with one attached hydrogen (secondary N) is 1. The Balaban J connectivity index is 1.59.